The molecule has 0 bridgehead atoms. The molecule has 1 N–H and O–H groups in total. The van der Waals surface area contributed by atoms with Crippen molar-refractivity contribution in [2.45, 2.75) is 31.5 Å². The molecule has 0 unspecified atom stereocenters. The highest BCUT2D eigenvalue weighted by molar-refractivity contribution is 5.86. The van der Waals surface area contributed by atoms with E-state index in [1.165, 1.54) is 12.7 Å². The number of hydrogen-bond acceptors (Lipinski definition) is 7. The van der Waals surface area contributed by atoms with E-state index < -0.39 is 5.97 Å². The second-order valence-electron chi connectivity index (χ2n) is 8.92. The number of pyridine rings is 1. The first-order valence-electron chi connectivity index (χ1n) is 12.0. The lowest BCUT2D eigenvalue weighted by Gasteiger charge is -2.24. The molecule has 0 saturated carbocycles. The van der Waals surface area contributed by atoms with Crippen molar-refractivity contribution in [3.63, 3.8) is 0 Å². The van der Waals surface area contributed by atoms with Gasteiger partial charge in [-0.25, -0.2) is 9.48 Å². The lowest BCUT2D eigenvalue weighted by atomic mass is 10.1. The fourth-order valence-electron chi connectivity index (χ4n) is 4.78. The summed E-state index contributed by atoms with van der Waals surface area (Å²) in [6.07, 6.45) is 4.72. The Bertz CT molecular complexity index is 1350. The van der Waals surface area contributed by atoms with E-state index in [0.717, 1.165) is 22.9 Å². The van der Waals surface area contributed by atoms with Crippen molar-refractivity contribution in [3.8, 4) is 0 Å². The van der Waals surface area contributed by atoms with Gasteiger partial charge in [0.1, 0.15) is 0 Å². The number of ether oxygens (including phenoxy) is 1. The van der Waals surface area contributed by atoms with Crippen molar-refractivity contribution in [1.82, 2.24) is 30.2 Å². The number of hydrogen-bond donors (Lipinski definition) is 1. The third-order valence-electron chi connectivity index (χ3n) is 6.63. The molecule has 4 aromatic rings. The van der Waals surface area contributed by atoms with Crippen LogP contribution in [0.4, 0.5) is 0 Å². The van der Waals surface area contributed by atoms with Crippen molar-refractivity contribution >= 4 is 22.8 Å². The van der Waals surface area contributed by atoms with Crippen LogP contribution in [0.2, 0.25) is 0 Å². The van der Waals surface area contributed by atoms with Gasteiger partial charge in [0, 0.05) is 31.2 Å². The molecule has 9 nitrogen and oxygen atoms in total. The van der Waals surface area contributed by atoms with Crippen LogP contribution in [0.25, 0.3) is 10.9 Å². The summed E-state index contributed by atoms with van der Waals surface area (Å²) in [5, 5.41) is 12.3. The number of esters is 1. The molecule has 184 valence electrons. The maximum Gasteiger partial charge on any atom is 0.360 e. The van der Waals surface area contributed by atoms with Gasteiger partial charge >= 0.3 is 5.97 Å². The van der Waals surface area contributed by atoms with Crippen LogP contribution < -0.4 is 5.32 Å². The molecule has 1 aliphatic rings. The van der Waals surface area contributed by atoms with Gasteiger partial charge in [0.25, 0.3) is 0 Å². The van der Waals surface area contributed by atoms with Gasteiger partial charge in [-0.1, -0.05) is 53.7 Å². The summed E-state index contributed by atoms with van der Waals surface area (Å²) in [6, 6.07) is 19.7. The monoisotopic (exact) mass is 484 g/mol. The number of carbonyl (C=O) groups excluding carboxylic acids is 2. The summed E-state index contributed by atoms with van der Waals surface area (Å²) in [5.74, 6) is -0.547. The molecule has 1 fully saturated rings. The molecule has 2 aromatic carbocycles. The molecule has 1 aliphatic heterocycles. The molecular weight excluding hydrogens is 456 g/mol. The number of aromatic nitrogens is 4. The first-order valence-corrected chi connectivity index (χ1v) is 12.0. The number of amides is 1. The first-order chi connectivity index (χ1) is 17.6. The summed E-state index contributed by atoms with van der Waals surface area (Å²) in [6.45, 7) is 1.75. The molecule has 5 rings (SSSR count). The fourth-order valence-corrected chi connectivity index (χ4v) is 4.78. The summed E-state index contributed by atoms with van der Waals surface area (Å²) < 4.78 is 6.43. The van der Waals surface area contributed by atoms with Gasteiger partial charge in [-0.15, -0.1) is 5.10 Å². The van der Waals surface area contributed by atoms with Gasteiger partial charge in [-0.2, -0.15) is 0 Å². The Kier molecular flexibility index (Phi) is 6.99. The quantitative estimate of drug-likeness (QED) is 0.384. The van der Waals surface area contributed by atoms with E-state index >= 15 is 0 Å². The van der Waals surface area contributed by atoms with Crippen LogP contribution in [-0.4, -0.2) is 63.0 Å². The predicted molar refractivity (Wildman–Crippen MR) is 134 cm³/mol. The van der Waals surface area contributed by atoms with Gasteiger partial charge in [-0.3, -0.25) is 14.7 Å². The van der Waals surface area contributed by atoms with E-state index in [1.54, 1.807) is 17.1 Å². The molecule has 1 saturated heterocycles. The molecule has 0 radical (unpaired) electrons. The number of likely N-dealkylation sites (tertiary alicyclic amines) is 1. The third kappa shape index (κ3) is 5.11. The molecule has 3 heterocycles. The normalized spacial score (nSPS) is 17.8. The van der Waals surface area contributed by atoms with Crippen molar-refractivity contribution < 1.29 is 14.3 Å². The Morgan fingerprint density at radius 2 is 1.89 bits per heavy atom. The smallest absolute Gasteiger partial charge is 0.360 e. The second kappa shape index (κ2) is 10.7. The number of benzene rings is 2. The van der Waals surface area contributed by atoms with E-state index in [9.17, 15) is 9.59 Å². The Labute approximate surface area is 209 Å². The molecule has 1 amide bonds. The number of carbonyl (C=O) groups is 2. The van der Waals surface area contributed by atoms with E-state index in [0.29, 0.717) is 26.1 Å². The predicted octanol–water partition coefficient (Wildman–Crippen LogP) is 2.79. The van der Waals surface area contributed by atoms with Crippen LogP contribution in [0.3, 0.4) is 0 Å². The zero-order valence-corrected chi connectivity index (χ0v) is 20.1. The first kappa shape index (κ1) is 23.6. The number of nitrogens with zero attached hydrogens (tertiary/aromatic N) is 5. The fraction of sp³-hybridized carbons (Fsp3) is 0.296. The van der Waals surface area contributed by atoms with Crippen molar-refractivity contribution in [2.75, 3.05) is 20.2 Å². The average molecular weight is 485 g/mol. The highest BCUT2D eigenvalue weighted by Gasteiger charge is 2.38. The lowest BCUT2D eigenvalue weighted by molar-refractivity contribution is -0.125. The van der Waals surface area contributed by atoms with E-state index in [2.05, 4.69) is 43.7 Å². The van der Waals surface area contributed by atoms with E-state index in [4.69, 9.17) is 4.74 Å². The van der Waals surface area contributed by atoms with Gasteiger partial charge in [0.05, 0.1) is 30.9 Å². The summed E-state index contributed by atoms with van der Waals surface area (Å²) in [7, 11) is 1.31. The molecular formula is C27H28N6O3. The molecule has 2 atom stereocenters. The van der Waals surface area contributed by atoms with Crippen LogP contribution in [-0.2, 0) is 22.5 Å². The van der Waals surface area contributed by atoms with Gasteiger partial charge in [0.15, 0.2) is 5.69 Å². The average Bonchev–Trinajstić information content (AvgIpc) is 3.57. The Hall–Kier alpha value is -4.11. The van der Waals surface area contributed by atoms with Crippen molar-refractivity contribution in [3.05, 3.63) is 89.9 Å². The minimum absolute atomic E-state index is 0.0138. The van der Waals surface area contributed by atoms with Crippen molar-refractivity contribution in [1.29, 1.82) is 0 Å². The Morgan fingerprint density at radius 1 is 1.08 bits per heavy atom. The lowest BCUT2D eigenvalue weighted by Crippen LogP contribution is -2.43. The topological polar surface area (TPSA) is 102 Å². The Balaban J connectivity index is 1.35. The minimum Gasteiger partial charge on any atom is -0.464 e. The van der Waals surface area contributed by atoms with Gasteiger partial charge in [-0.05, 0) is 36.1 Å². The van der Waals surface area contributed by atoms with Crippen LogP contribution >= 0.6 is 0 Å². The van der Waals surface area contributed by atoms with Crippen molar-refractivity contribution in [2.24, 2.45) is 0 Å². The molecule has 0 spiro atoms. The number of fused-ring (bicyclic) bond motifs is 1. The number of rotatable bonds is 8. The Morgan fingerprint density at radius 3 is 2.72 bits per heavy atom. The van der Waals surface area contributed by atoms with Crippen LogP contribution in [0.15, 0.2) is 73.1 Å². The zero-order valence-electron chi connectivity index (χ0n) is 20.1. The standard InChI is InChI=1S/C27H28N6O3/c1-36-27(35)24-18-33(31-30-24)21-15-25(26(34)29-13-11-19-7-3-2-4-8-19)32(17-21)16-20-12-14-28-23-10-6-5-9-22(20)23/h2-10,12,14,18,21,25H,11,13,15-17H2,1H3,(H,29,34)/t21-,25-/m0/s1. The maximum absolute atomic E-state index is 13.4. The molecule has 36 heavy (non-hydrogen) atoms. The summed E-state index contributed by atoms with van der Waals surface area (Å²) >= 11 is 0. The molecule has 2 aromatic heterocycles. The van der Waals surface area contributed by atoms with E-state index in [1.807, 2.05) is 42.5 Å². The van der Waals surface area contributed by atoms with Crippen LogP contribution in [0, 0.1) is 0 Å². The number of para-hydroxylation sites is 1. The van der Waals surface area contributed by atoms with Crippen LogP contribution in [0.5, 0.6) is 0 Å². The van der Waals surface area contributed by atoms with Gasteiger partial charge in [0.2, 0.25) is 5.91 Å². The zero-order chi connectivity index (χ0) is 24.9. The number of nitrogens with one attached hydrogen (secondary N) is 1. The summed E-state index contributed by atoms with van der Waals surface area (Å²) in [5.41, 5.74) is 3.37. The third-order valence-corrected chi connectivity index (χ3v) is 6.63. The highest BCUT2D eigenvalue weighted by Crippen LogP contribution is 2.30. The SMILES string of the molecule is COC(=O)c1cn([C@H]2C[C@@H](C(=O)NCCc3ccccc3)N(Cc3ccnc4ccccc34)C2)nn1. The van der Waals surface area contributed by atoms with Crippen LogP contribution in [0.1, 0.15) is 34.1 Å². The maximum atomic E-state index is 13.4. The molecule has 9 heteroatoms. The minimum atomic E-state index is -0.533. The summed E-state index contributed by atoms with van der Waals surface area (Å²) in [4.78, 5) is 31.8. The molecule has 0 aliphatic carbocycles. The number of methoxy groups -OCH3 is 1. The highest BCUT2D eigenvalue weighted by atomic mass is 16.5. The second-order valence-corrected chi connectivity index (χ2v) is 8.92. The van der Waals surface area contributed by atoms with Gasteiger partial charge < -0.3 is 10.1 Å². The largest absolute Gasteiger partial charge is 0.464 e. The van der Waals surface area contributed by atoms with E-state index in [-0.39, 0.29) is 23.7 Å².